The van der Waals surface area contributed by atoms with Crippen molar-refractivity contribution >= 4 is 27.5 Å². The average molecular weight is 369 g/mol. The minimum Gasteiger partial charge on any atom is -0.489 e. The van der Waals surface area contributed by atoms with Gasteiger partial charge in [-0.2, -0.15) is 0 Å². The van der Waals surface area contributed by atoms with Gasteiger partial charge in [-0.05, 0) is 48.9 Å². The number of nitrogens with one attached hydrogen (secondary N) is 1. The Morgan fingerprint density at radius 2 is 2.05 bits per heavy atom. The zero-order chi connectivity index (χ0) is 15.1. The van der Waals surface area contributed by atoms with E-state index < -0.39 is 0 Å². The second kappa shape index (κ2) is 8.42. The van der Waals surface area contributed by atoms with Gasteiger partial charge in [0, 0.05) is 21.6 Å². The summed E-state index contributed by atoms with van der Waals surface area (Å²) in [5.74, 6) is 0.878. The normalized spacial score (nSPS) is 10.6. The summed E-state index contributed by atoms with van der Waals surface area (Å²) in [6.45, 7) is 4.44. The van der Waals surface area contributed by atoms with Crippen molar-refractivity contribution in [2.24, 2.45) is 0 Å². The van der Waals surface area contributed by atoms with Gasteiger partial charge in [-0.25, -0.2) is 0 Å². The predicted octanol–water partition coefficient (Wildman–Crippen LogP) is 5.18. The number of benzene rings is 2. The van der Waals surface area contributed by atoms with Crippen molar-refractivity contribution in [1.82, 2.24) is 5.32 Å². The van der Waals surface area contributed by atoms with Crippen LogP contribution in [0.25, 0.3) is 0 Å². The van der Waals surface area contributed by atoms with E-state index in [4.69, 9.17) is 16.3 Å². The van der Waals surface area contributed by atoms with E-state index in [9.17, 15) is 0 Å². The Morgan fingerprint density at radius 1 is 1.19 bits per heavy atom. The van der Waals surface area contributed by atoms with Crippen molar-refractivity contribution in [1.29, 1.82) is 0 Å². The van der Waals surface area contributed by atoms with Crippen LogP contribution in [0.3, 0.4) is 0 Å². The minimum atomic E-state index is 0.544. The molecule has 0 spiro atoms. The standard InChI is InChI=1S/C17H19BrClNO/c1-2-8-20-11-14-10-16(19)6-7-17(14)21-12-13-4-3-5-15(18)9-13/h3-7,9-10,20H,2,8,11-12H2,1H3. The van der Waals surface area contributed by atoms with Crippen LogP contribution in [0.1, 0.15) is 24.5 Å². The highest BCUT2D eigenvalue weighted by atomic mass is 79.9. The van der Waals surface area contributed by atoms with Crippen molar-refractivity contribution in [3.63, 3.8) is 0 Å². The van der Waals surface area contributed by atoms with Gasteiger partial charge in [0.2, 0.25) is 0 Å². The molecule has 0 aromatic heterocycles. The van der Waals surface area contributed by atoms with Gasteiger partial charge in [0.05, 0.1) is 0 Å². The van der Waals surface area contributed by atoms with Crippen LogP contribution in [-0.2, 0) is 13.2 Å². The molecule has 0 aliphatic heterocycles. The molecule has 0 unspecified atom stereocenters. The van der Waals surface area contributed by atoms with Crippen LogP contribution in [0.15, 0.2) is 46.9 Å². The highest BCUT2D eigenvalue weighted by Crippen LogP contribution is 2.24. The van der Waals surface area contributed by atoms with Gasteiger partial charge in [-0.1, -0.05) is 46.6 Å². The lowest BCUT2D eigenvalue weighted by Crippen LogP contribution is -2.14. The fourth-order valence-corrected chi connectivity index (χ4v) is 2.66. The SMILES string of the molecule is CCCNCc1cc(Cl)ccc1OCc1cccc(Br)c1. The monoisotopic (exact) mass is 367 g/mol. The molecule has 0 bridgehead atoms. The topological polar surface area (TPSA) is 21.3 Å². The van der Waals surface area contributed by atoms with Gasteiger partial charge >= 0.3 is 0 Å². The first kappa shape index (κ1) is 16.3. The number of hydrogen-bond donors (Lipinski definition) is 1. The maximum atomic E-state index is 6.08. The van der Waals surface area contributed by atoms with Crippen molar-refractivity contribution in [3.05, 3.63) is 63.1 Å². The number of rotatable bonds is 7. The van der Waals surface area contributed by atoms with Crippen LogP contribution in [0.5, 0.6) is 5.75 Å². The summed E-state index contributed by atoms with van der Waals surface area (Å²) in [4.78, 5) is 0. The summed E-state index contributed by atoms with van der Waals surface area (Å²) in [7, 11) is 0. The van der Waals surface area contributed by atoms with Crippen LogP contribution >= 0.6 is 27.5 Å². The summed E-state index contributed by atoms with van der Waals surface area (Å²) in [5.41, 5.74) is 2.22. The second-order valence-electron chi connectivity index (χ2n) is 4.85. The van der Waals surface area contributed by atoms with E-state index in [2.05, 4.69) is 40.3 Å². The molecular formula is C17H19BrClNO. The van der Waals surface area contributed by atoms with Crippen LogP contribution in [-0.4, -0.2) is 6.54 Å². The Hall–Kier alpha value is -1.03. The highest BCUT2D eigenvalue weighted by molar-refractivity contribution is 9.10. The molecule has 2 aromatic carbocycles. The van der Waals surface area contributed by atoms with E-state index in [1.54, 1.807) is 0 Å². The number of hydrogen-bond acceptors (Lipinski definition) is 2. The Morgan fingerprint density at radius 3 is 2.81 bits per heavy atom. The molecule has 4 heteroatoms. The molecular weight excluding hydrogens is 350 g/mol. The fourth-order valence-electron chi connectivity index (χ4n) is 2.01. The number of ether oxygens (including phenoxy) is 1. The summed E-state index contributed by atoms with van der Waals surface area (Å²) < 4.78 is 7.00. The zero-order valence-corrected chi connectivity index (χ0v) is 14.4. The molecule has 2 rings (SSSR count). The largest absolute Gasteiger partial charge is 0.489 e. The van der Waals surface area contributed by atoms with E-state index >= 15 is 0 Å². The molecule has 0 amide bonds. The van der Waals surface area contributed by atoms with Crippen molar-refractivity contribution in [2.75, 3.05) is 6.54 Å². The minimum absolute atomic E-state index is 0.544. The molecule has 112 valence electrons. The molecule has 2 nitrogen and oxygen atoms in total. The smallest absolute Gasteiger partial charge is 0.124 e. The van der Waals surface area contributed by atoms with Gasteiger partial charge in [-0.15, -0.1) is 0 Å². The third-order valence-corrected chi connectivity index (χ3v) is 3.78. The highest BCUT2D eigenvalue weighted by Gasteiger charge is 2.05. The first-order valence-electron chi connectivity index (χ1n) is 7.05. The van der Waals surface area contributed by atoms with Crippen molar-refractivity contribution < 1.29 is 4.74 Å². The average Bonchev–Trinajstić information content (AvgIpc) is 2.47. The van der Waals surface area contributed by atoms with E-state index in [1.165, 1.54) is 0 Å². The molecule has 21 heavy (non-hydrogen) atoms. The molecule has 0 heterocycles. The Bertz CT molecular complexity index is 589. The molecule has 0 aliphatic carbocycles. The van der Waals surface area contributed by atoms with Crippen LogP contribution in [0, 0.1) is 0 Å². The third-order valence-electron chi connectivity index (χ3n) is 3.05. The quantitative estimate of drug-likeness (QED) is 0.680. The van der Waals surface area contributed by atoms with E-state index in [1.807, 2.05) is 30.3 Å². The van der Waals surface area contributed by atoms with Crippen LogP contribution in [0.2, 0.25) is 5.02 Å². The molecule has 0 saturated heterocycles. The maximum absolute atomic E-state index is 6.08. The van der Waals surface area contributed by atoms with E-state index in [0.717, 1.165) is 45.9 Å². The molecule has 2 aromatic rings. The lowest BCUT2D eigenvalue weighted by molar-refractivity contribution is 0.302. The first-order valence-corrected chi connectivity index (χ1v) is 8.22. The van der Waals surface area contributed by atoms with E-state index in [-0.39, 0.29) is 0 Å². The van der Waals surface area contributed by atoms with Crippen LogP contribution in [0.4, 0.5) is 0 Å². The lowest BCUT2D eigenvalue weighted by atomic mass is 10.2. The summed E-state index contributed by atoms with van der Waals surface area (Å²) in [5, 5.41) is 4.11. The molecule has 0 fully saturated rings. The maximum Gasteiger partial charge on any atom is 0.124 e. The van der Waals surface area contributed by atoms with Crippen LogP contribution < -0.4 is 10.1 Å². The Balaban J connectivity index is 2.04. The third kappa shape index (κ3) is 5.34. The van der Waals surface area contributed by atoms with Gasteiger partial charge in [0.15, 0.2) is 0 Å². The van der Waals surface area contributed by atoms with Gasteiger partial charge in [0.1, 0.15) is 12.4 Å². The van der Waals surface area contributed by atoms with E-state index in [0.29, 0.717) is 6.61 Å². The molecule has 1 N–H and O–H groups in total. The zero-order valence-electron chi connectivity index (χ0n) is 12.0. The van der Waals surface area contributed by atoms with Crippen molar-refractivity contribution in [2.45, 2.75) is 26.5 Å². The molecule has 0 saturated carbocycles. The van der Waals surface area contributed by atoms with Gasteiger partial charge < -0.3 is 10.1 Å². The second-order valence-corrected chi connectivity index (χ2v) is 6.20. The molecule has 0 radical (unpaired) electrons. The van der Waals surface area contributed by atoms with Gasteiger partial charge in [-0.3, -0.25) is 0 Å². The Kier molecular flexibility index (Phi) is 6.55. The fraction of sp³-hybridized carbons (Fsp3) is 0.294. The predicted molar refractivity (Wildman–Crippen MR) is 91.9 cm³/mol. The Labute approximate surface area is 139 Å². The summed E-state index contributed by atoms with van der Waals surface area (Å²) in [6.07, 6.45) is 1.11. The first-order chi connectivity index (χ1) is 10.2. The van der Waals surface area contributed by atoms with Crippen molar-refractivity contribution in [3.8, 4) is 5.75 Å². The number of halogens is 2. The summed E-state index contributed by atoms with van der Waals surface area (Å²) in [6, 6.07) is 13.9. The summed E-state index contributed by atoms with van der Waals surface area (Å²) >= 11 is 9.55. The molecule has 0 atom stereocenters. The molecule has 0 aliphatic rings. The van der Waals surface area contributed by atoms with Gasteiger partial charge in [0.25, 0.3) is 0 Å². The lowest BCUT2D eigenvalue weighted by Gasteiger charge is -2.13.